The van der Waals surface area contributed by atoms with Crippen LogP contribution in [0.5, 0.6) is 0 Å². The topological polar surface area (TPSA) is 39.8 Å². The molecule has 2 aromatic rings. The average molecular weight is 418 g/mol. The van der Waals surface area contributed by atoms with Crippen LogP contribution >= 0.6 is 29.5 Å². The molecule has 0 unspecified atom stereocenters. The van der Waals surface area contributed by atoms with Gasteiger partial charge in [0, 0.05) is 0 Å². The predicted molar refractivity (Wildman–Crippen MR) is 81.6 cm³/mol. The van der Waals surface area contributed by atoms with E-state index in [4.69, 9.17) is 11.6 Å². The second-order valence-electron chi connectivity index (χ2n) is 3.89. The van der Waals surface area contributed by atoms with Gasteiger partial charge in [0.25, 0.3) is 0 Å². The number of aromatic nitrogens is 2. The molecule has 2 heterocycles. The predicted octanol–water partition coefficient (Wildman–Crippen LogP) is 3.40. The Bertz CT molecular complexity index is 578. The fourth-order valence-electron chi connectivity index (χ4n) is 1.49. The van der Waals surface area contributed by atoms with Gasteiger partial charge in [0.05, 0.1) is 0 Å². The molecule has 0 saturated heterocycles. The van der Waals surface area contributed by atoms with E-state index in [1.807, 2.05) is 6.92 Å². The van der Waals surface area contributed by atoms with Crippen LogP contribution in [0.3, 0.4) is 0 Å². The van der Waals surface area contributed by atoms with Gasteiger partial charge >= 0.3 is 133 Å². The Hall–Kier alpha value is -0.111. The van der Waals surface area contributed by atoms with E-state index in [1.165, 1.54) is 5.56 Å². The number of hydrogen-bond donors (Lipinski definition) is 0. The van der Waals surface area contributed by atoms with Crippen molar-refractivity contribution in [2.45, 2.75) is 23.9 Å². The summed E-state index contributed by atoms with van der Waals surface area (Å²) in [4.78, 5) is 4.49. The van der Waals surface area contributed by atoms with E-state index in [0.29, 0.717) is 5.03 Å². The molecule has 0 aromatic carbocycles. The van der Waals surface area contributed by atoms with Gasteiger partial charge in [-0.25, -0.2) is 0 Å². The first-order valence-electron chi connectivity index (χ1n) is 5.48. The molecule has 98 valence electrons. The van der Waals surface area contributed by atoms with Crippen LogP contribution in [-0.2, 0) is 0 Å². The first kappa shape index (κ1) is 15.3. The van der Waals surface area contributed by atoms with Crippen LogP contribution in [0, 0.1) is 19.1 Å². The monoisotopic (exact) mass is 418 g/mol. The van der Waals surface area contributed by atoms with E-state index >= 15 is 0 Å². The number of halogens is 1. The van der Waals surface area contributed by atoms with Crippen molar-refractivity contribution >= 4 is 47.9 Å². The van der Waals surface area contributed by atoms with Crippen LogP contribution < -0.4 is 4.73 Å². The van der Waals surface area contributed by atoms with Crippen molar-refractivity contribution in [1.29, 1.82) is 0 Å². The number of hydrogen-bond acceptors (Lipinski definition) is 4. The molecule has 3 nitrogen and oxygen atoms in total. The summed E-state index contributed by atoms with van der Waals surface area (Å²) in [6.07, 6.45) is 0. The summed E-state index contributed by atoms with van der Waals surface area (Å²) in [6, 6.07) is 9.35. The summed E-state index contributed by atoms with van der Waals surface area (Å²) in [5, 5.41) is 13.6. The van der Waals surface area contributed by atoms with Gasteiger partial charge < -0.3 is 0 Å². The molecule has 2 aromatic heterocycles. The molecule has 19 heavy (non-hydrogen) atoms. The molecule has 7 heteroatoms. The molecular formula is C12H11ClN2OS2Sn. The third-order valence-electron chi connectivity index (χ3n) is 2.23. The molecule has 0 aliphatic heterocycles. The number of rotatable bonds is 4. The van der Waals surface area contributed by atoms with Crippen LogP contribution in [0.4, 0.5) is 0 Å². The van der Waals surface area contributed by atoms with Gasteiger partial charge in [-0.15, -0.1) is 0 Å². The molecule has 0 spiro atoms. The van der Waals surface area contributed by atoms with Crippen molar-refractivity contribution in [3.8, 4) is 0 Å². The molecule has 0 bridgehead atoms. The summed E-state index contributed by atoms with van der Waals surface area (Å²) in [6.45, 7) is 4.07. The Kier molecular flexibility index (Phi) is 5.68. The quantitative estimate of drug-likeness (QED) is 0.331. The van der Waals surface area contributed by atoms with E-state index in [1.54, 1.807) is 36.1 Å². The zero-order valence-corrected chi connectivity index (χ0v) is 15.6. The third kappa shape index (κ3) is 4.44. The van der Waals surface area contributed by atoms with Gasteiger partial charge in [-0.1, -0.05) is 0 Å². The zero-order valence-electron chi connectivity index (χ0n) is 10.4. The van der Waals surface area contributed by atoms with E-state index in [0.717, 1.165) is 15.5 Å². The zero-order chi connectivity index (χ0) is 13.8. The normalized spacial score (nSPS) is 10.7. The third-order valence-corrected chi connectivity index (χ3v) is 12.0. The van der Waals surface area contributed by atoms with Gasteiger partial charge in [0.15, 0.2) is 0 Å². The summed E-state index contributed by atoms with van der Waals surface area (Å²) in [7, 11) is 3.41. The number of aryl methyl sites for hydroxylation is 2. The van der Waals surface area contributed by atoms with Crippen LogP contribution in [-0.4, -0.2) is 23.4 Å². The van der Waals surface area contributed by atoms with E-state index in [9.17, 15) is 5.21 Å². The van der Waals surface area contributed by atoms with E-state index < -0.39 is 18.4 Å². The maximum absolute atomic E-state index is 11.7. The Morgan fingerprint density at radius 2 is 2.05 bits per heavy atom. The van der Waals surface area contributed by atoms with Gasteiger partial charge in [-0.05, 0) is 0 Å². The van der Waals surface area contributed by atoms with Gasteiger partial charge in [-0.2, -0.15) is 0 Å². The Labute approximate surface area is 132 Å². The number of pyridine rings is 2. The first-order chi connectivity index (χ1) is 9.06. The SMILES string of the molecule is Cc1cc(C)nc([S][Sn][S]c2cccc(Cl)[n+]2[O-])c1. The Morgan fingerprint density at radius 1 is 1.26 bits per heavy atom. The van der Waals surface area contributed by atoms with Crippen molar-refractivity contribution in [2.24, 2.45) is 0 Å². The molecule has 2 radical (unpaired) electrons. The standard InChI is InChI=1S/C7H9NS.C5H4ClNOS.Sn/c1-5-3-6(2)8-7(9)4-5;6-4-2-1-3-5(9)7(4)8;/h3-4H,1-2H3,(H,8,9);1-3,9H;/q;;+2/p-2. The average Bonchev–Trinajstić information content (AvgIpc) is 2.33. The van der Waals surface area contributed by atoms with Crippen LogP contribution in [0.2, 0.25) is 5.15 Å². The maximum atomic E-state index is 11.7. The molecule has 0 aliphatic rings. The first-order valence-corrected chi connectivity index (χ1v) is 14.5. The summed E-state index contributed by atoms with van der Waals surface area (Å²) in [5.74, 6) is 0. The summed E-state index contributed by atoms with van der Waals surface area (Å²) >= 11 is 4.94. The van der Waals surface area contributed by atoms with Gasteiger partial charge in [0.1, 0.15) is 0 Å². The number of nitrogens with zero attached hydrogens (tertiary/aromatic N) is 2. The van der Waals surface area contributed by atoms with E-state index in [-0.39, 0.29) is 5.15 Å². The molecule has 0 aliphatic carbocycles. The summed E-state index contributed by atoms with van der Waals surface area (Å²) < 4.78 is 0.780. The molecule has 0 saturated carbocycles. The van der Waals surface area contributed by atoms with Crippen molar-refractivity contribution in [3.63, 3.8) is 0 Å². The van der Waals surface area contributed by atoms with Crippen molar-refractivity contribution in [3.05, 3.63) is 51.9 Å². The Morgan fingerprint density at radius 3 is 2.79 bits per heavy atom. The van der Waals surface area contributed by atoms with Crippen LogP contribution in [0.15, 0.2) is 40.4 Å². The molecular weight excluding hydrogens is 406 g/mol. The Balaban J connectivity index is 1.98. The van der Waals surface area contributed by atoms with Crippen molar-refractivity contribution in [1.82, 2.24) is 4.98 Å². The van der Waals surface area contributed by atoms with Gasteiger partial charge in [0.2, 0.25) is 0 Å². The molecule has 0 amide bonds. The molecule has 2 rings (SSSR count). The second kappa shape index (κ2) is 7.06. The minimum atomic E-state index is -0.851. The minimum absolute atomic E-state index is 0.221. The summed E-state index contributed by atoms with van der Waals surface area (Å²) in [5.41, 5.74) is 2.26. The molecule has 0 N–H and O–H groups in total. The van der Waals surface area contributed by atoms with Crippen molar-refractivity contribution < 1.29 is 4.73 Å². The van der Waals surface area contributed by atoms with Crippen molar-refractivity contribution in [2.75, 3.05) is 0 Å². The van der Waals surface area contributed by atoms with Crippen LogP contribution in [0.25, 0.3) is 0 Å². The fraction of sp³-hybridized carbons (Fsp3) is 0.167. The molecule has 0 fully saturated rings. The van der Waals surface area contributed by atoms with Gasteiger partial charge in [-0.3, -0.25) is 0 Å². The fourth-order valence-corrected chi connectivity index (χ4v) is 11.0. The van der Waals surface area contributed by atoms with Crippen LogP contribution in [0.1, 0.15) is 11.3 Å². The second-order valence-corrected chi connectivity index (χ2v) is 14.0. The van der Waals surface area contributed by atoms with E-state index in [2.05, 4.69) is 24.0 Å². The molecule has 0 atom stereocenters.